The summed E-state index contributed by atoms with van der Waals surface area (Å²) < 4.78 is 0. The molecule has 1 aromatic heterocycles. The molecule has 0 saturated heterocycles. The molecule has 1 fully saturated rings. The van der Waals surface area contributed by atoms with Crippen LogP contribution in [0.25, 0.3) is 0 Å². The van der Waals surface area contributed by atoms with E-state index in [1.165, 1.54) is 6.42 Å². The van der Waals surface area contributed by atoms with Gasteiger partial charge in [0.05, 0.1) is 30.2 Å². The summed E-state index contributed by atoms with van der Waals surface area (Å²) in [4.78, 5) is 8.26. The summed E-state index contributed by atoms with van der Waals surface area (Å²) in [5.41, 5.74) is 5.82. The third-order valence-corrected chi connectivity index (χ3v) is 3.44. The molecule has 5 heteroatoms. The van der Waals surface area contributed by atoms with Crippen LogP contribution < -0.4 is 11.1 Å². The molecule has 0 aliphatic heterocycles. The lowest BCUT2D eigenvalue weighted by molar-refractivity contribution is 0.149. The number of nitrogens with zero attached hydrogens (tertiary/aromatic N) is 2. The van der Waals surface area contributed by atoms with Crippen LogP contribution in [-0.4, -0.2) is 27.2 Å². The molecule has 1 heterocycles. The standard InChI is InChI=1S/C12H20N4O/c1-9-3-2-4-12(5-9,8-17)16-11-14-6-10(13)7-15-11/h6-7,9,17H,2-5,8,13H2,1H3,(H,14,15,16). The van der Waals surface area contributed by atoms with Crippen molar-refractivity contribution in [2.75, 3.05) is 17.7 Å². The van der Waals surface area contributed by atoms with Gasteiger partial charge >= 0.3 is 0 Å². The van der Waals surface area contributed by atoms with Gasteiger partial charge < -0.3 is 16.2 Å². The highest BCUT2D eigenvalue weighted by Gasteiger charge is 2.34. The van der Waals surface area contributed by atoms with Crippen LogP contribution in [0.4, 0.5) is 11.6 Å². The zero-order valence-electron chi connectivity index (χ0n) is 10.2. The van der Waals surface area contributed by atoms with E-state index in [9.17, 15) is 5.11 Å². The van der Waals surface area contributed by atoms with Crippen molar-refractivity contribution in [1.29, 1.82) is 0 Å². The number of anilines is 2. The number of hydrogen-bond donors (Lipinski definition) is 3. The SMILES string of the molecule is CC1CCCC(CO)(Nc2ncc(N)cn2)C1. The average molecular weight is 236 g/mol. The number of aliphatic hydroxyl groups excluding tert-OH is 1. The molecule has 2 unspecified atom stereocenters. The van der Waals surface area contributed by atoms with Crippen LogP contribution in [0.15, 0.2) is 12.4 Å². The quantitative estimate of drug-likeness (QED) is 0.739. The minimum Gasteiger partial charge on any atom is -0.396 e. The van der Waals surface area contributed by atoms with Gasteiger partial charge in [-0.05, 0) is 18.8 Å². The van der Waals surface area contributed by atoms with Crippen molar-refractivity contribution >= 4 is 11.6 Å². The number of rotatable bonds is 3. The van der Waals surface area contributed by atoms with Crippen molar-refractivity contribution in [2.24, 2.45) is 5.92 Å². The van der Waals surface area contributed by atoms with Gasteiger partial charge in [-0.15, -0.1) is 0 Å². The lowest BCUT2D eigenvalue weighted by Crippen LogP contribution is -2.46. The van der Waals surface area contributed by atoms with Crippen LogP contribution in [0.5, 0.6) is 0 Å². The number of aliphatic hydroxyl groups is 1. The fourth-order valence-corrected chi connectivity index (χ4v) is 2.60. The smallest absolute Gasteiger partial charge is 0.223 e. The molecule has 0 amide bonds. The highest BCUT2D eigenvalue weighted by molar-refractivity contribution is 5.37. The summed E-state index contributed by atoms with van der Waals surface area (Å²) in [6.07, 6.45) is 7.42. The fraction of sp³-hybridized carbons (Fsp3) is 0.667. The van der Waals surface area contributed by atoms with Gasteiger partial charge in [0.15, 0.2) is 0 Å². The molecule has 1 saturated carbocycles. The maximum atomic E-state index is 9.63. The minimum absolute atomic E-state index is 0.116. The predicted molar refractivity (Wildman–Crippen MR) is 67.5 cm³/mol. The van der Waals surface area contributed by atoms with Crippen molar-refractivity contribution in [3.05, 3.63) is 12.4 Å². The molecule has 17 heavy (non-hydrogen) atoms. The monoisotopic (exact) mass is 236 g/mol. The summed E-state index contributed by atoms with van der Waals surface area (Å²) in [7, 11) is 0. The van der Waals surface area contributed by atoms with E-state index in [4.69, 9.17) is 5.73 Å². The second-order valence-corrected chi connectivity index (χ2v) is 5.10. The van der Waals surface area contributed by atoms with Gasteiger partial charge in [-0.3, -0.25) is 0 Å². The van der Waals surface area contributed by atoms with Crippen LogP contribution in [0.2, 0.25) is 0 Å². The van der Waals surface area contributed by atoms with E-state index in [1.54, 1.807) is 12.4 Å². The summed E-state index contributed by atoms with van der Waals surface area (Å²) in [6, 6.07) is 0. The van der Waals surface area contributed by atoms with Crippen LogP contribution in [0.3, 0.4) is 0 Å². The van der Waals surface area contributed by atoms with E-state index in [0.29, 0.717) is 17.6 Å². The third kappa shape index (κ3) is 2.85. The number of nitrogens with one attached hydrogen (secondary N) is 1. The molecule has 1 aliphatic rings. The normalized spacial score (nSPS) is 28.9. The summed E-state index contributed by atoms with van der Waals surface area (Å²) in [6.45, 7) is 2.33. The molecule has 2 rings (SSSR count). The number of nitrogens with two attached hydrogens (primary N) is 1. The zero-order valence-corrected chi connectivity index (χ0v) is 10.2. The molecular formula is C12H20N4O. The van der Waals surface area contributed by atoms with E-state index in [1.807, 2.05) is 0 Å². The lowest BCUT2D eigenvalue weighted by atomic mass is 9.77. The van der Waals surface area contributed by atoms with Crippen molar-refractivity contribution in [3.63, 3.8) is 0 Å². The summed E-state index contributed by atoms with van der Waals surface area (Å²) in [5.74, 6) is 1.17. The second kappa shape index (κ2) is 4.87. The molecule has 94 valence electrons. The van der Waals surface area contributed by atoms with E-state index in [0.717, 1.165) is 19.3 Å². The van der Waals surface area contributed by atoms with E-state index in [2.05, 4.69) is 22.2 Å². The van der Waals surface area contributed by atoms with Gasteiger partial charge in [0.1, 0.15) is 0 Å². The Morgan fingerprint density at radius 2 is 2.24 bits per heavy atom. The van der Waals surface area contributed by atoms with Crippen molar-refractivity contribution in [3.8, 4) is 0 Å². The highest BCUT2D eigenvalue weighted by atomic mass is 16.3. The van der Waals surface area contributed by atoms with Gasteiger partial charge in [0.25, 0.3) is 0 Å². The van der Waals surface area contributed by atoms with Crippen LogP contribution in [0.1, 0.15) is 32.6 Å². The minimum atomic E-state index is -0.270. The molecule has 1 aliphatic carbocycles. The molecule has 0 spiro atoms. The average Bonchev–Trinajstić information content (AvgIpc) is 2.32. The zero-order chi connectivity index (χ0) is 12.3. The Hall–Kier alpha value is -1.36. The Kier molecular flexibility index (Phi) is 3.47. The predicted octanol–water partition coefficient (Wildman–Crippen LogP) is 1.41. The van der Waals surface area contributed by atoms with Crippen molar-refractivity contribution in [1.82, 2.24) is 9.97 Å². The first-order valence-electron chi connectivity index (χ1n) is 6.10. The Balaban J connectivity index is 2.10. The molecule has 5 nitrogen and oxygen atoms in total. The molecule has 4 N–H and O–H groups in total. The first-order valence-corrected chi connectivity index (χ1v) is 6.10. The summed E-state index contributed by atoms with van der Waals surface area (Å²) in [5, 5.41) is 12.9. The largest absolute Gasteiger partial charge is 0.396 e. The third-order valence-electron chi connectivity index (χ3n) is 3.44. The Morgan fingerprint density at radius 3 is 2.82 bits per heavy atom. The maximum Gasteiger partial charge on any atom is 0.223 e. The first kappa shape index (κ1) is 12.1. The Morgan fingerprint density at radius 1 is 1.53 bits per heavy atom. The van der Waals surface area contributed by atoms with E-state index >= 15 is 0 Å². The molecule has 0 radical (unpaired) electrons. The van der Waals surface area contributed by atoms with Gasteiger partial charge in [-0.1, -0.05) is 19.8 Å². The Bertz CT molecular complexity index is 367. The maximum absolute atomic E-state index is 9.63. The van der Waals surface area contributed by atoms with Crippen LogP contribution in [-0.2, 0) is 0 Å². The van der Waals surface area contributed by atoms with Gasteiger partial charge in [-0.2, -0.15) is 0 Å². The van der Waals surface area contributed by atoms with Gasteiger partial charge in [0.2, 0.25) is 5.95 Å². The van der Waals surface area contributed by atoms with Gasteiger partial charge in [-0.25, -0.2) is 9.97 Å². The Labute approximate surface area is 101 Å². The lowest BCUT2D eigenvalue weighted by Gasteiger charge is -2.39. The second-order valence-electron chi connectivity index (χ2n) is 5.10. The molecule has 2 atom stereocenters. The number of aromatic nitrogens is 2. The topological polar surface area (TPSA) is 84.1 Å². The van der Waals surface area contributed by atoms with E-state index in [-0.39, 0.29) is 12.1 Å². The highest BCUT2D eigenvalue weighted by Crippen LogP contribution is 2.33. The fourth-order valence-electron chi connectivity index (χ4n) is 2.60. The van der Waals surface area contributed by atoms with Gasteiger partial charge in [0, 0.05) is 0 Å². The van der Waals surface area contributed by atoms with E-state index < -0.39 is 0 Å². The summed E-state index contributed by atoms with van der Waals surface area (Å²) >= 11 is 0. The molecule has 0 aromatic carbocycles. The number of nitrogen functional groups attached to an aromatic ring is 1. The van der Waals surface area contributed by atoms with Crippen LogP contribution in [0, 0.1) is 5.92 Å². The first-order chi connectivity index (χ1) is 8.13. The molecular weight excluding hydrogens is 216 g/mol. The van der Waals surface area contributed by atoms with Crippen molar-refractivity contribution < 1.29 is 5.11 Å². The van der Waals surface area contributed by atoms with Crippen molar-refractivity contribution in [2.45, 2.75) is 38.1 Å². The van der Waals surface area contributed by atoms with Crippen LogP contribution >= 0.6 is 0 Å². The number of hydrogen-bond acceptors (Lipinski definition) is 5. The molecule has 1 aromatic rings. The molecule has 0 bridgehead atoms.